The van der Waals surface area contributed by atoms with E-state index in [0.717, 1.165) is 18.4 Å². The molecule has 2 rings (SSSR count). The minimum Gasteiger partial charge on any atom is -0.469 e. The molecule has 2 nitrogen and oxygen atoms in total. The largest absolute Gasteiger partial charge is 0.469 e. The number of rotatable bonds is 3. The van der Waals surface area contributed by atoms with Gasteiger partial charge in [-0.25, -0.2) is 4.39 Å². The monoisotopic (exact) mass is 264 g/mol. The Hall–Kier alpha value is -1.38. The van der Waals surface area contributed by atoms with Gasteiger partial charge in [0.05, 0.1) is 7.11 Å². The summed E-state index contributed by atoms with van der Waals surface area (Å²) >= 11 is 0. The van der Waals surface area contributed by atoms with Gasteiger partial charge < -0.3 is 4.74 Å². The van der Waals surface area contributed by atoms with Crippen molar-refractivity contribution in [3.8, 4) is 0 Å². The van der Waals surface area contributed by atoms with E-state index in [1.165, 1.54) is 38.5 Å². The Labute approximate surface area is 114 Å². The first kappa shape index (κ1) is 14.0. The molecule has 0 aromatic heterocycles. The van der Waals surface area contributed by atoms with Crippen molar-refractivity contribution in [2.24, 2.45) is 5.92 Å². The molecular weight excluding hydrogens is 243 g/mol. The van der Waals surface area contributed by atoms with E-state index in [4.69, 9.17) is 4.74 Å². The average molecular weight is 264 g/mol. The summed E-state index contributed by atoms with van der Waals surface area (Å²) in [5, 5.41) is 0. The summed E-state index contributed by atoms with van der Waals surface area (Å²) in [6.07, 6.45) is 6.16. The number of halogens is 1. The first-order chi connectivity index (χ1) is 9.20. The second-order valence-corrected chi connectivity index (χ2v) is 5.34. The SMILES string of the molecule is COC(=O)CC1CCCCCC1c1ccc(F)cc1. The summed E-state index contributed by atoms with van der Waals surface area (Å²) in [5.74, 6) is 0.323. The van der Waals surface area contributed by atoms with Crippen molar-refractivity contribution in [2.75, 3.05) is 7.11 Å². The lowest BCUT2D eigenvalue weighted by atomic mass is 9.80. The van der Waals surface area contributed by atoms with Crippen LogP contribution in [0.1, 0.15) is 50.0 Å². The number of carbonyl (C=O) groups excluding carboxylic acids is 1. The lowest BCUT2D eigenvalue weighted by Crippen LogP contribution is -2.17. The lowest BCUT2D eigenvalue weighted by molar-refractivity contribution is -0.142. The molecule has 19 heavy (non-hydrogen) atoms. The van der Waals surface area contributed by atoms with Crippen molar-refractivity contribution in [1.82, 2.24) is 0 Å². The number of benzene rings is 1. The number of hydrogen-bond donors (Lipinski definition) is 0. The van der Waals surface area contributed by atoms with Gasteiger partial charge in [0.15, 0.2) is 0 Å². The quantitative estimate of drug-likeness (QED) is 0.608. The Balaban J connectivity index is 2.16. The Bertz CT molecular complexity index is 413. The predicted molar refractivity (Wildman–Crippen MR) is 72.3 cm³/mol. The summed E-state index contributed by atoms with van der Waals surface area (Å²) in [4.78, 5) is 11.5. The number of hydrogen-bond acceptors (Lipinski definition) is 2. The summed E-state index contributed by atoms with van der Waals surface area (Å²) in [5.41, 5.74) is 1.15. The summed E-state index contributed by atoms with van der Waals surface area (Å²) in [7, 11) is 1.44. The minimum atomic E-state index is -0.207. The molecule has 1 aliphatic rings. The highest BCUT2D eigenvalue weighted by atomic mass is 19.1. The highest BCUT2D eigenvalue weighted by Gasteiger charge is 2.27. The van der Waals surface area contributed by atoms with Gasteiger partial charge in [0.1, 0.15) is 5.82 Å². The molecule has 0 amide bonds. The third-order valence-electron chi connectivity index (χ3n) is 4.11. The summed E-state index contributed by atoms with van der Waals surface area (Å²) in [6.45, 7) is 0. The fourth-order valence-corrected chi connectivity index (χ4v) is 3.07. The van der Waals surface area contributed by atoms with Crippen LogP contribution in [-0.2, 0) is 9.53 Å². The van der Waals surface area contributed by atoms with Gasteiger partial charge in [0.25, 0.3) is 0 Å². The maximum atomic E-state index is 13.0. The molecule has 1 fully saturated rings. The maximum Gasteiger partial charge on any atom is 0.305 e. The number of ether oxygens (including phenoxy) is 1. The Morgan fingerprint density at radius 2 is 1.89 bits per heavy atom. The van der Waals surface area contributed by atoms with Crippen molar-refractivity contribution >= 4 is 5.97 Å². The van der Waals surface area contributed by atoms with Crippen molar-refractivity contribution in [1.29, 1.82) is 0 Å². The first-order valence-electron chi connectivity index (χ1n) is 7.03. The van der Waals surface area contributed by atoms with Gasteiger partial charge >= 0.3 is 5.97 Å². The second kappa shape index (κ2) is 6.69. The molecule has 0 bridgehead atoms. The van der Waals surface area contributed by atoms with E-state index >= 15 is 0 Å². The maximum absolute atomic E-state index is 13.0. The molecule has 104 valence electrons. The van der Waals surface area contributed by atoms with Crippen molar-refractivity contribution in [3.63, 3.8) is 0 Å². The van der Waals surface area contributed by atoms with Crippen LogP contribution in [-0.4, -0.2) is 13.1 Å². The van der Waals surface area contributed by atoms with Gasteiger partial charge in [0.2, 0.25) is 0 Å². The molecule has 0 N–H and O–H groups in total. The molecule has 1 aliphatic carbocycles. The van der Waals surface area contributed by atoms with E-state index in [2.05, 4.69) is 0 Å². The van der Waals surface area contributed by atoms with Crippen LogP contribution >= 0.6 is 0 Å². The molecule has 2 unspecified atom stereocenters. The number of esters is 1. The van der Waals surface area contributed by atoms with E-state index in [9.17, 15) is 9.18 Å². The fraction of sp³-hybridized carbons (Fsp3) is 0.562. The minimum absolute atomic E-state index is 0.140. The number of methoxy groups -OCH3 is 1. The molecule has 3 heteroatoms. The normalized spacial score (nSPS) is 23.7. The van der Waals surface area contributed by atoms with Crippen LogP contribution in [0.2, 0.25) is 0 Å². The smallest absolute Gasteiger partial charge is 0.305 e. The predicted octanol–water partition coefficient (Wildman–Crippen LogP) is 4.05. The molecule has 0 aliphatic heterocycles. The van der Waals surface area contributed by atoms with Crippen LogP contribution in [0.3, 0.4) is 0 Å². The molecule has 0 radical (unpaired) electrons. The van der Waals surface area contributed by atoms with Crippen molar-refractivity contribution in [2.45, 2.75) is 44.4 Å². The van der Waals surface area contributed by atoms with Gasteiger partial charge in [-0.15, -0.1) is 0 Å². The zero-order chi connectivity index (χ0) is 13.7. The van der Waals surface area contributed by atoms with Crippen LogP contribution in [0.25, 0.3) is 0 Å². The molecule has 1 aromatic rings. The first-order valence-corrected chi connectivity index (χ1v) is 7.03. The second-order valence-electron chi connectivity index (χ2n) is 5.34. The standard InChI is InChI=1S/C16H21FO2/c1-19-16(18)11-13-5-3-2-4-6-15(13)12-7-9-14(17)10-8-12/h7-10,13,15H,2-6,11H2,1H3. The third kappa shape index (κ3) is 3.79. The Morgan fingerprint density at radius 3 is 2.58 bits per heavy atom. The molecule has 1 aromatic carbocycles. The summed E-state index contributed by atoms with van der Waals surface area (Å²) in [6, 6.07) is 6.73. The van der Waals surface area contributed by atoms with Crippen LogP contribution in [0, 0.1) is 11.7 Å². The zero-order valence-corrected chi connectivity index (χ0v) is 11.4. The van der Waals surface area contributed by atoms with Crippen molar-refractivity contribution < 1.29 is 13.9 Å². The Kier molecular flexibility index (Phi) is 4.94. The van der Waals surface area contributed by atoms with E-state index in [0.29, 0.717) is 18.3 Å². The Morgan fingerprint density at radius 1 is 1.21 bits per heavy atom. The van der Waals surface area contributed by atoms with E-state index < -0.39 is 0 Å². The topological polar surface area (TPSA) is 26.3 Å². The molecule has 0 saturated heterocycles. The average Bonchev–Trinajstić information content (AvgIpc) is 2.65. The van der Waals surface area contributed by atoms with Gasteiger partial charge in [-0.1, -0.05) is 31.4 Å². The van der Waals surface area contributed by atoms with E-state index in [1.807, 2.05) is 12.1 Å². The summed E-state index contributed by atoms with van der Waals surface area (Å²) < 4.78 is 17.8. The van der Waals surface area contributed by atoms with Gasteiger partial charge in [-0.05, 0) is 42.4 Å². The van der Waals surface area contributed by atoms with E-state index in [1.54, 1.807) is 0 Å². The zero-order valence-electron chi connectivity index (χ0n) is 11.4. The number of carbonyl (C=O) groups is 1. The molecule has 1 saturated carbocycles. The van der Waals surface area contributed by atoms with Crippen LogP contribution in [0.4, 0.5) is 4.39 Å². The van der Waals surface area contributed by atoms with E-state index in [-0.39, 0.29) is 11.8 Å². The van der Waals surface area contributed by atoms with Gasteiger partial charge in [-0.3, -0.25) is 4.79 Å². The molecule has 0 spiro atoms. The van der Waals surface area contributed by atoms with Gasteiger partial charge in [-0.2, -0.15) is 0 Å². The van der Waals surface area contributed by atoms with Crippen LogP contribution in [0.15, 0.2) is 24.3 Å². The highest BCUT2D eigenvalue weighted by molar-refractivity contribution is 5.69. The molecular formula is C16H21FO2. The van der Waals surface area contributed by atoms with Crippen LogP contribution < -0.4 is 0 Å². The molecule has 0 heterocycles. The fourth-order valence-electron chi connectivity index (χ4n) is 3.07. The third-order valence-corrected chi connectivity index (χ3v) is 4.11. The lowest BCUT2D eigenvalue weighted by Gasteiger charge is -2.24. The molecule has 2 atom stereocenters. The van der Waals surface area contributed by atoms with Crippen LogP contribution in [0.5, 0.6) is 0 Å². The van der Waals surface area contributed by atoms with Gasteiger partial charge in [0, 0.05) is 6.42 Å². The van der Waals surface area contributed by atoms with Crippen molar-refractivity contribution in [3.05, 3.63) is 35.6 Å². The highest BCUT2D eigenvalue weighted by Crippen LogP contribution is 2.38.